The molecule has 0 aromatic rings. The van der Waals surface area contributed by atoms with Crippen LogP contribution in [0.15, 0.2) is 0 Å². The maximum atomic E-state index is 12.7. The van der Waals surface area contributed by atoms with Gasteiger partial charge in [0.05, 0.1) is 6.61 Å². The molecule has 0 radical (unpaired) electrons. The molecule has 0 aromatic heterocycles. The van der Waals surface area contributed by atoms with E-state index < -0.39 is 38.3 Å². The van der Waals surface area contributed by atoms with E-state index in [2.05, 4.69) is 0 Å². The van der Waals surface area contributed by atoms with Gasteiger partial charge in [-0.1, -0.05) is 0 Å². The van der Waals surface area contributed by atoms with Crippen LogP contribution in [-0.2, 0) is 22.8 Å². The Labute approximate surface area is 178 Å². The van der Waals surface area contributed by atoms with Crippen LogP contribution in [0.1, 0.15) is 81.1 Å². The Bertz CT molecular complexity index is 483. The van der Waals surface area contributed by atoms with Crippen LogP contribution in [0.2, 0.25) is 0 Å². The Morgan fingerprint density at radius 2 is 0.897 bits per heavy atom. The third-order valence-corrected chi connectivity index (χ3v) is 11.0. The highest BCUT2D eigenvalue weighted by Gasteiger charge is 2.60. The molecule has 0 unspecified atom stereocenters. The van der Waals surface area contributed by atoms with Crippen LogP contribution in [-0.4, -0.2) is 47.9 Å². The molecule has 7 nitrogen and oxygen atoms in total. The van der Waals surface area contributed by atoms with Crippen LogP contribution in [0, 0.1) is 0 Å². The van der Waals surface area contributed by atoms with E-state index in [1.807, 2.05) is 55.4 Å². The molecule has 0 aromatic carbocycles. The van der Waals surface area contributed by atoms with Gasteiger partial charge in [0.25, 0.3) is 0 Å². The summed E-state index contributed by atoms with van der Waals surface area (Å²) in [5.74, 6) is 0. The van der Waals surface area contributed by atoms with Gasteiger partial charge in [0.1, 0.15) is 34.7 Å². The first-order chi connectivity index (χ1) is 13.0. The summed E-state index contributed by atoms with van der Waals surface area (Å²) in [4.78, 5) is 25.5. The standard InChI is InChI=1S/C20H40O7P2/c1-17(2)18(3,4)25-28(21,24-17)15-11-9-10-13-23-14-12-16-29(22)26-19(5,6)20(7,8)27-29/h9-16H2,1-8H3. The van der Waals surface area contributed by atoms with Gasteiger partial charge < -0.3 is 14.5 Å². The largest absolute Gasteiger partial charge is 0.631 e. The van der Waals surface area contributed by atoms with E-state index in [0.717, 1.165) is 19.3 Å². The second-order valence-corrected chi connectivity index (χ2v) is 14.2. The van der Waals surface area contributed by atoms with Crippen LogP contribution in [0.5, 0.6) is 0 Å². The fourth-order valence-corrected chi connectivity index (χ4v) is 8.43. The minimum Gasteiger partial charge on any atom is -0.631 e. The van der Waals surface area contributed by atoms with Crippen molar-refractivity contribution in [1.82, 2.24) is 0 Å². The van der Waals surface area contributed by atoms with Crippen molar-refractivity contribution >= 4 is 15.9 Å². The molecular weight excluding hydrogens is 414 g/mol. The zero-order chi connectivity index (χ0) is 22.2. The van der Waals surface area contributed by atoms with E-state index >= 15 is 0 Å². The van der Waals surface area contributed by atoms with Gasteiger partial charge in [-0.05, 0) is 74.7 Å². The molecular formula is C20H40O7P2. The van der Waals surface area contributed by atoms with E-state index in [4.69, 9.17) is 22.8 Å². The van der Waals surface area contributed by atoms with Gasteiger partial charge in [-0.25, -0.2) is 18.1 Å². The predicted molar refractivity (Wildman–Crippen MR) is 114 cm³/mol. The van der Waals surface area contributed by atoms with Crippen molar-refractivity contribution in [3.63, 3.8) is 0 Å². The summed E-state index contributed by atoms with van der Waals surface area (Å²) in [5, 5.41) is 0. The third kappa shape index (κ3) is 6.31. The summed E-state index contributed by atoms with van der Waals surface area (Å²) in [5.41, 5.74) is -2.24. The van der Waals surface area contributed by atoms with Gasteiger partial charge in [0.15, 0.2) is 0 Å². The molecule has 29 heavy (non-hydrogen) atoms. The topological polar surface area (TPSA) is 92.3 Å². The summed E-state index contributed by atoms with van der Waals surface area (Å²) in [6.45, 7) is 16.4. The normalized spacial score (nSPS) is 27.9. The Kier molecular flexibility index (Phi) is 7.88. The first-order valence-electron chi connectivity index (χ1n) is 10.6. The second-order valence-electron chi connectivity index (χ2n) is 10.1. The van der Waals surface area contributed by atoms with E-state index in [-0.39, 0.29) is 0 Å². The second kappa shape index (κ2) is 8.84. The first kappa shape index (κ1) is 25.8. The molecule has 0 aliphatic carbocycles. The highest BCUT2D eigenvalue weighted by molar-refractivity contribution is 7.59. The SMILES string of the molecule is CC1(C)O[P+]([O-])(CCCCCOCCC[P+]2([O-])OC(C)(C)C(C)(C)O2)OC1(C)C. The van der Waals surface area contributed by atoms with Crippen LogP contribution in [0.3, 0.4) is 0 Å². The van der Waals surface area contributed by atoms with Crippen molar-refractivity contribution in [2.75, 3.05) is 25.5 Å². The molecule has 0 spiro atoms. The lowest BCUT2D eigenvalue weighted by Crippen LogP contribution is -2.41. The highest BCUT2D eigenvalue weighted by Crippen LogP contribution is 2.67. The lowest BCUT2D eigenvalue weighted by molar-refractivity contribution is -0.213. The van der Waals surface area contributed by atoms with E-state index in [9.17, 15) is 9.79 Å². The number of rotatable bonds is 10. The number of hydrogen-bond donors (Lipinski definition) is 0. The van der Waals surface area contributed by atoms with Crippen molar-refractivity contribution in [2.24, 2.45) is 0 Å². The molecule has 2 aliphatic rings. The summed E-state index contributed by atoms with van der Waals surface area (Å²) < 4.78 is 28.6. The molecule has 0 amide bonds. The average molecular weight is 454 g/mol. The maximum absolute atomic E-state index is 12.7. The van der Waals surface area contributed by atoms with Crippen molar-refractivity contribution in [2.45, 2.75) is 103 Å². The Hall–Kier alpha value is 0.580. The van der Waals surface area contributed by atoms with Crippen LogP contribution in [0.25, 0.3) is 0 Å². The number of ether oxygens (including phenoxy) is 1. The molecule has 2 aliphatic heterocycles. The average Bonchev–Trinajstić information content (AvgIpc) is 2.77. The summed E-state index contributed by atoms with van der Waals surface area (Å²) in [6, 6.07) is 0. The molecule has 172 valence electrons. The fraction of sp³-hybridized carbons (Fsp3) is 1.00. The van der Waals surface area contributed by atoms with Gasteiger partial charge in [0.2, 0.25) is 15.9 Å². The third-order valence-electron chi connectivity index (χ3n) is 6.31. The van der Waals surface area contributed by atoms with Crippen molar-refractivity contribution in [3.05, 3.63) is 0 Å². The molecule has 0 N–H and O–H groups in total. The lowest BCUT2D eigenvalue weighted by atomic mass is 9.90. The van der Waals surface area contributed by atoms with Gasteiger partial charge >= 0.3 is 0 Å². The summed E-state index contributed by atoms with van der Waals surface area (Å²) in [7, 11) is -6.08. The van der Waals surface area contributed by atoms with Crippen molar-refractivity contribution < 1.29 is 32.6 Å². The van der Waals surface area contributed by atoms with Gasteiger partial charge in [0, 0.05) is 13.0 Å². The highest BCUT2D eigenvalue weighted by atomic mass is 31.2. The van der Waals surface area contributed by atoms with Crippen molar-refractivity contribution in [1.29, 1.82) is 0 Å². The van der Waals surface area contributed by atoms with Crippen LogP contribution >= 0.6 is 15.9 Å². The number of unbranched alkanes of at least 4 members (excludes halogenated alkanes) is 2. The van der Waals surface area contributed by atoms with Crippen molar-refractivity contribution in [3.8, 4) is 0 Å². The molecule has 0 saturated carbocycles. The number of hydrogen-bond acceptors (Lipinski definition) is 7. The molecule has 2 heterocycles. The smallest absolute Gasteiger partial charge is 0.239 e. The molecule has 2 saturated heterocycles. The van der Waals surface area contributed by atoms with Crippen LogP contribution in [0.4, 0.5) is 0 Å². The fourth-order valence-electron chi connectivity index (χ4n) is 3.20. The zero-order valence-corrected chi connectivity index (χ0v) is 21.2. The molecule has 2 rings (SSSR count). The molecule has 2 fully saturated rings. The first-order valence-corrected chi connectivity index (χ1v) is 14.1. The zero-order valence-electron chi connectivity index (χ0n) is 19.4. The molecule has 0 bridgehead atoms. The van der Waals surface area contributed by atoms with Gasteiger partial charge in [-0.15, -0.1) is 0 Å². The molecule has 0 atom stereocenters. The van der Waals surface area contributed by atoms with Crippen LogP contribution < -0.4 is 9.79 Å². The van der Waals surface area contributed by atoms with Gasteiger partial charge in [-0.3, -0.25) is 0 Å². The molecule has 9 heteroatoms. The van der Waals surface area contributed by atoms with E-state index in [1.54, 1.807) is 0 Å². The monoisotopic (exact) mass is 454 g/mol. The Balaban J connectivity index is 1.54. The summed E-state index contributed by atoms with van der Waals surface area (Å²) >= 11 is 0. The quantitative estimate of drug-likeness (QED) is 0.364. The summed E-state index contributed by atoms with van der Waals surface area (Å²) in [6.07, 6.45) is 3.97. The Morgan fingerprint density at radius 1 is 0.552 bits per heavy atom. The minimum atomic E-state index is -3.06. The predicted octanol–water partition coefficient (Wildman–Crippen LogP) is 4.02. The lowest BCUT2D eigenvalue weighted by Gasteiger charge is -2.25. The maximum Gasteiger partial charge on any atom is 0.239 e. The Morgan fingerprint density at radius 3 is 1.31 bits per heavy atom. The minimum absolute atomic E-state index is 0.364. The van der Waals surface area contributed by atoms with E-state index in [0.29, 0.717) is 32.0 Å². The van der Waals surface area contributed by atoms with E-state index in [1.165, 1.54) is 0 Å². The van der Waals surface area contributed by atoms with Gasteiger partial charge in [-0.2, -0.15) is 0 Å².